The highest BCUT2D eigenvalue weighted by molar-refractivity contribution is 6.08. The molecule has 1 atom stereocenters. The Morgan fingerprint density at radius 2 is 1.36 bits per heavy atom. The standard InChI is InChI=1S/C42H35NO2/c1-41(2)37-14-8-7-13-35(37)38-33-11-5-6-12-34(33)40-36(39(38)41)21-22-42(45-40,31-16-15-28-9-3-4-10-29(28)27-31)30-17-19-32(20-18-30)43-23-25-44-26-24-43/h3-22,27H,23-26H2,1-2H3. The number of hydrogen-bond acceptors (Lipinski definition) is 3. The van der Waals surface area contributed by atoms with Gasteiger partial charge in [-0.3, -0.25) is 0 Å². The van der Waals surface area contributed by atoms with Gasteiger partial charge in [-0.25, -0.2) is 0 Å². The van der Waals surface area contributed by atoms with Gasteiger partial charge in [0.1, 0.15) is 5.75 Å². The molecule has 1 saturated heterocycles. The quantitative estimate of drug-likeness (QED) is 0.206. The molecule has 0 saturated carbocycles. The van der Waals surface area contributed by atoms with Crippen molar-refractivity contribution in [1.29, 1.82) is 0 Å². The maximum Gasteiger partial charge on any atom is 0.178 e. The number of ether oxygens (including phenoxy) is 2. The molecule has 1 aliphatic carbocycles. The molecule has 2 aliphatic heterocycles. The topological polar surface area (TPSA) is 21.7 Å². The first kappa shape index (κ1) is 26.5. The second kappa shape index (κ2) is 9.82. The van der Waals surface area contributed by atoms with Crippen LogP contribution in [0, 0.1) is 0 Å². The minimum Gasteiger partial charge on any atom is -0.472 e. The predicted octanol–water partition coefficient (Wildman–Crippen LogP) is 9.49. The molecule has 0 N–H and O–H groups in total. The van der Waals surface area contributed by atoms with Crippen LogP contribution in [0.1, 0.15) is 41.7 Å². The first-order valence-corrected chi connectivity index (χ1v) is 16.0. The van der Waals surface area contributed by atoms with Gasteiger partial charge in [-0.1, -0.05) is 117 Å². The van der Waals surface area contributed by atoms with Gasteiger partial charge in [-0.2, -0.15) is 0 Å². The molecule has 0 bridgehead atoms. The summed E-state index contributed by atoms with van der Waals surface area (Å²) in [5.74, 6) is 0.957. The Morgan fingerprint density at radius 1 is 0.667 bits per heavy atom. The molecule has 2 heterocycles. The van der Waals surface area contributed by atoms with E-state index < -0.39 is 5.60 Å². The smallest absolute Gasteiger partial charge is 0.178 e. The molecule has 3 nitrogen and oxygen atoms in total. The summed E-state index contributed by atoms with van der Waals surface area (Å²) < 4.78 is 13.1. The Balaban J connectivity index is 1.28. The minimum atomic E-state index is -0.798. The molecule has 3 heteroatoms. The summed E-state index contributed by atoms with van der Waals surface area (Å²) in [7, 11) is 0. The number of benzene rings is 6. The predicted molar refractivity (Wildman–Crippen MR) is 185 cm³/mol. The van der Waals surface area contributed by atoms with Crippen molar-refractivity contribution in [2.24, 2.45) is 0 Å². The van der Waals surface area contributed by atoms with Crippen LogP contribution in [0.25, 0.3) is 38.7 Å². The van der Waals surface area contributed by atoms with Gasteiger partial charge in [0.15, 0.2) is 5.60 Å². The highest BCUT2D eigenvalue weighted by Crippen LogP contribution is 2.58. The summed E-state index contributed by atoms with van der Waals surface area (Å²) in [5, 5.41) is 4.83. The molecular formula is C42H35NO2. The Kier molecular flexibility index (Phi) is 5.79. The van der Waals surface area contributed by atoms with Crippen LogP contribution in [0.15, 0.2) is 121 Å². The Labute approximate surface area is 264 Å². The summed E-state index contributed by atoms with van der Waals surface area (Å²) in [6, 6.07) is 42.0. The van der Waals surface area contributed by atoms with Gasteiger partial charge >= 0.3 is 0 Å². The zero-order chi connectivity index (χ0) is 30.2. The molecule has 45 heavy (non-hydrogen) atoms. The van der Waals surface area contributed by atoms with Crippen LogP contribution in [0.2, 0.25) is 0 Å². The molecule has 0 amide bonds. The molecule has 1 unspecified atom stereocenters. The van der Waals surface area contributed by atoms with Crippen molar-refractivity contribution < 1.29 is 9.47 Å². The van der Waals surface area contributed by atoms with Crippen LogP contribution in [-0.4, -0.2) is 26.3 Å². The van der Waals surface area contributed by atoms with E-state index in [0.717, 1.165) is 48.6 Å². The largest absolute Gasteiger partial charge is 0.472 e. The number of nitrogens with zero attached hydrogens (tertiary/aromatic N) is 1. The minimum absolute atomic E-state index is 0.156. The van der Waals surface area contributed by atoms with E-state index >= 15 is 0 Å². The van der Waals surface area contributed by atoms with E-state index in [0.29, 0.717) is 0 Å². The first-order chi connectivity index (χ1) is 22.0. The number of anilines is 1. The summed E-state index contributed by atoms with van der Waals surface area (Å²) >= 11 is 0. The highest BCUT2D eigenvalue weighted by Gasteiger charge is 2.44. The van der Waals surface area contributed by atoms with E-state index in [4.69, 9.17) is 9.47 Å². The van der Waals surface area contributed by atoms with E-state index in [1.54, 1.807) is 0 Å². The molecule has 0 aromatic heterocycles. The van der Waals surface area contributed by atoms with Gasteiger partial charge in [-0.15, -0.1) is 0 Å². The molecule has 1 fully saturated rings. The van der Waals surface area contributed by atoms with Crippen LogP contribution in [-0.2, 0) is 15.8 Å². The van der Waals surface area contributed by atoms with Crippen LogP contribution in [0.3, 0.4) is 0 Å². The lowest BCUT2D eigenvalue weighted by Crippen LogP contribution is -2.37. The van der Waals surface area contributed by atoms with Crippen molar-refractivity contribution in [3.05, 3.63) is 149 Å². The SMILES string of the molecule is CC1(C)c2ccccc2-c2c1c1c(c3ccccc23)OC(c2ccc(N3CCOCC3)cc2)(c2ccc3ccccc3c2)C=C1. The fraction of sp³-hybridized carbons (Fsp3) is 0.190. The summed E-state index contributed by atoms with van der Waals surface area (Å²) in [6.45, 7) is 8.07. The monoisotopic (exact) mass is 585 g/mol. The molecule has 0 radical (unpaired) electrons. The van der Waals surface area contributed by atoms with Gasteiger partial charge in [0.25, 0.3) is 0 Å². The van der Waals surface area contributed by atoms with Crippen LogP contribution in [0.5, 0.6) is 5.75 Å². The third kappa shape index (κ3) is 3.87. The Bertz CT molecular complexity index is 2150. The van der Waals surface area contributed by atoms with E-state index in [1.807, 2.05) is 0 Å². The van der Waals surface area contributed by atoms with Gasteiger partial charge in [0, 0.05) is 46.3 Å². The normalized spacial score (nSPS) is 19.6. The maximum atomic E-state index is 7.54. The van der Waals surface area contributed by atoms with E-state index in [-0.39, 0.29) is 5.41 Å². The second-order valence-electron chi connectivity index (χ2n) is 13.1. The van der Waals surface area contributed by atoms with Crippen LogP contribution >= 0.6 is 0 Å². The second-order valence-corrected chi connectivity index (χ2v) is 13.1. The number of rotatable bonds is 3. The van der Waals surface area contributed by atoms with Gasteiger partial charge in [-0.05, 0) is 62.7 Å². The lowest BCUT2D eigenvalue weighted by molar-refractivity contribution is 0.122. The molecule has 3 aliphatic rings. The van der Waals surface area contributed by atoms with Gasteiger partial charge in [0.2, 0.25) is 0 Å². The van der Waals surface area contributed by atoms with E-state index in [2.05, 4.69) is 146 Å². The first-order valence-electron chi connectivity index (χ1n) is 16.0. The molecule has 220 valence electrons. The maximum absolute atomic E-state index is 7.54. The fourth-order valence-corrected chi connectivity index (χ4v) is 8.04. The van der Waals surface area contributed by atoms with Crippen LogP contribution in [0.4, 0.5) is 5.69 Å². The number of hydrogen-bond donors (Lipinski definition) is 0. The Morgan fingerprint density at radius 3 is 2.18 bits per heavy atom. The van der Waals surface area contributed by atoms with Crippen molar-refractivity contribution in [1.82, 2.24) is 0 Å². The van der Waals surface area contributed by atoms with Crippen LogP contribution < -0.4 is 9.64 Å². The van der Waals surface area contributed by atoms with Crippen molar-refractivity contribution >= 4 is 33.3 Å². The average molecular weight is 586 g/mol. The van der Waals surface area contributed by atoms with Crippen molar-refractivity contribution in [3.63, 3.8) is 0 Å². The molecule has 6 aromatic rings. The molecule has 9 rings (SSSR count). The van der Waals surface area contributed by atoms with Crippen molar-refractivity contribution in [3.8, 4) is 16.9 Å². The summed E-state index contributed by atoms with van der Waals surface area (Å²) in [6.07, 6.45) is 4.65. The fourth-order valence-electron chi connectivity index (χ4n) is 8.04. The van der Waals surface area contributed by atoms with Crippen molar-refractivity contribution in [2.45, 2.75) is 24.9 Å². The zero-order valence-corrected chi connectivity index (χ0v) is 25.7. The summed E-state index contributed by atoms with van der Waals surface area (Å²) in [4.78, 5) is 2.40. The molecular weight excluding hydrogens is 550 g/mol. The summed E-state index contributed by atoms with van der Waals surface area (Å²) in [5.41, 5.74) is 9.08. The highest BCUT2D eigenvalue weighted by atomic mass is 16.5. The number of morpholine rings is 1. The lowest BCUT2D eigenvalue weighted by atomic mass is 9.76. The molecule has 6 aromatic carbocycles. The van der Waals surface area contributed by atoms with Gasteiger partial charge < -0.3 is 14.4 Å². The molecule has 0 spiro atoms. The third-order valence-corrected chi connectivity index (χ3v) is 10.3. The van der Waals surface area contributed by atoms with E-state index in [1.165, 1.54) is 49.7 Å². The third-order valence-electron chi connectivity index (χ3n) is 10.3. The van der Waals surface area contributed by atoms with Gasteiger partial charge in [0.05, 0.1) is 13.2 Å². The van der Waals surface area contributed by atoms with Crippen molar-refractivity contribution in [2.75, 3.05) is 31.2 Å². The zero-order valence-electron chi connectivity index (χ0n) is 25.7. The lowest BCUT2D eigenvalue weighted by Gasteiger charge is -2.39. The number of fused-ring (bicyclic) bond motifs is 9. The van der Waals surface area contributed by atoms with E-state index in [9.17, 15) is 0 Å². The Hall–Kier alpha value is -4.86. The average Bonchev–Trinajstić information content (AvgIpc) is 3.35.